The first-order chi connectivity index (χ1) is 8.39. The Labute approximate surface area is 116 Å². The van der Waals surface area contributed by atoms with Gasteiger partial charge in [-0.05, 0) is 53.6 Å². The molecule has 0 aliphatic carbocycles. The Morgan fingerprint density at radius 1 is 1.22 bits per heavy atom. The number of hydrogen-bond acceptors (Lipinski definition) is 1. The number of hydrogen-bond donors (Lipinski definition) is 0. The van der Waals surface area contributed by atoms with Gasteiger partial charge in [0, 0.05) is 22.2 Å². The maximum atomic E-state index is 12.6. The number of carbonyl (C=O) groups is 1. The van der Waals surface area contributed by atoms with E-state index in [4.69, 9.17) is 0 Å². The Morgan fingerprint density at radius 3 is 2.33 bits per heavy atom. The summed E-state index contributed by atoms with van der Waals surface area (Å²) < 4.78 is 37.8. The van der Waals surface area contributed by atoms with E-state index in [0.717, 1.165) is 18.9 Å². The topological polar surface area (TPSA) is 20.3 Å². The molecule has 2 rings (SSSR count). The Bertz CT molecular complexity index is 467. The van der Waals surface area contributed by atoms with Crippen molar-refractivity contribution in [3.05, 3.63) is 32.9 Å². The highest BCUT2D eigenvalue weighted by molar-refractivity contribution is 14.1. The molecule has 0 bridgehead atoms. The molecule has 0 atom stereocenters. The summed E-state index contributed by atoms with van der Waals surface area (Å²) >= 11 is 1.62. The highest BCUT2D eigenvalue weighted by Gasteiger charge is 2.33. The van der Waals surface area contributed by atoms with Crippen molar-refractivity contribution >= 4 is 28.5 Å². The lowest BCUT2D eigenvalue weighted by Gasteiger charge is -2.16. The third-order valence-corrected chi connectivity index (χ3v) is 3.81. The van der Waals surface area contributed by atoms with Gasteiger partial charge in [0.2, 0.25) is 0 Å². The third-order valence-electron chi connectivity index (χ3n) is 2.91. The average molecular weight is 369 g/mol. The van der Waals surface area contributed by atoms with Crippen molar-refractivity contribution in [2.75, 3.05) is 13.1 Å². The summed E-state index contributed by atoms with van der Waals surface area (Å²) in [4.78, 5) is 13.7. The van der Waals surface area contributed by atoms with Gasteiger partial charge in [-0.15, -0.1) is 0 Å². The maximum absolute atomic E-state index is 12.6. The highest BCUT2D eigenvalue weighted by atomic mass is 127. The first kappa shape index (κ1) is 13.6. The minimum Gasteiger partial charge on any atom is -0.339 e. The van der Waals surface area contributed by atoms with E-state index in [0.29, 0.717) is 18.7 Å². The number of alkyl halides is 3. The van der Waals surface area contributed by atoms with Crippen LogP contribution in [0.3, 0.4) is 0 Å². The minimum atomic E-state index is -4.37. The van der Waals surface area contributed by atoms with E-state index in [1.54, 1.807) is 27.5 Å². The van der Waals surface area contributed by atoms with Gasteiger partial charge in [0.05, 0.1) is 5.56 Å². The smallest absolute Gasteiger partial charge is 0.339 e. The van der Waals surface area contributed by atoms with Gasteiger partial charge in [0.15, 0.2) is 0 Å². The van der Waals surface area contributed by atoms with Crippen LogP contribution in [0.2, 0.25) is 0 Å². The van der Waals surface area contributed by atoms with Crippen LogP contribution < -0.4 is 0 Å². The number of amides is 1. The SMILES string of the molecule is O=C(c1ccc(C(F)(F)F)c(I)c1)N1CCCC1. The van der Waals surface area contributed by atoms with E-state index >= 15 is 0 Å². The summed E-state index contributed by atoms with van der Waals surface area (Å²) in [5, 5.41) is 0. The molecule has 18 heavy (non-hydrogen) atoms. The lowest BCUT2D eigenvalue weighted by atomic mass is 10.1. The zero-order chi connectivity index (χ0) is 13.3. The zero-order valence-corrected chi connectivity index (χ0v) is 11.6. The van der Waals surface area contributed by atoms with Crippen LogP contribution in [0.1, 0.15) is 28.8 Å². The molecule has 1 aliphatic heterocycles. The second-order valence-electron chi connectivity index (χ2n) is 4.19. The van der Waals surface area contributed by atoms with Crippen LogP contribution in [0.5, 0.6) is 0 Å². The van der Waals surface area contributed by atoms with E-state index in [1.807, 2.05) is 0 Å². The molecule has 1 heterocycles. The van der Waals surface area contributed by atoms with Crippen LogP contribution in [0.4, 0.5) is 13.2 Å². The van der Waals surface area contributed by atoms with Gasteiger partial charge in [0.25, 0.3) is 5.91 Å². The molecular formula is C12H11F3INO. The Morgan fingerprint density at radius 2 is 1.83 bits per heavy atom. The molecule has 0 saturated carbocycles. The fourth-order valence-corrected chi connectivity index (χ4v) is 2.80. The first-order valence-corrected chi connectivity index (χ1v) is 6.63. The molecule has 0 radical (unpaired) electrons. The van der Waals surface area contributed by atoms with Gasteiger partial charge in [0.1, 0.15) is 0 Å². The summed E-state index contributed by atoms with van der Waals surface area (Å²) in [6.45, 7) is 1.38. The summed E-state index contributed by atoms with van der Waals surface area (Å²) in [6, 6.07) is 3.54. The van der Waals surface area contributed by atoms with Crippen LogP contribution >= 0.6 is 22.6 Å². The van der Waals surface area contributed by atoms with E-state index in [1.165, 1.54) is 12.1 Å². The Kier molecular flexibility index (Phi) is 3.84. The van der Waals surface area contributed by atoms with Gasteiger partial charge < -0.3 is 4.90 Å². The predicted octanol–water partition coefficient (Wildman–Crippen LogP) is 3.55. The lowest BCUT2D eigenvalue weighted by molar-refractivity contribution is -0.138. The normalized spacial score (nSPS) is 16.1. The molecule has 98 valence electrons. The number of likely N-dealkylation sites (tertiary alicyclic amines) is 1. The molecular weight excluding hydrogens is 358 g/mol. The van der Waals surface area contributed by atoms with Crippen LogP contribution in [0, 0.1) is 3.57 Å². The number of carbonyl (C=O) groups excluding carboxylic acids is 1. The first-order valence-electron chi connectivity index (χ1n) is 5.55. The van der Waals surface area contributed by atoms with Crippen molar-refractivity contribution in [2.45, 2.75) is 19.0 Å². The quantitative estimate of drug-likeness (QED) is 0.694. The van der Waals surface area contributed by atoms with E-state index < -0.39 is 11.7 Å². The summed E-state index contributed by atoms with van der Waals surface area (Å²) in [6.07, 6.45) is -2.45. The molecule has 1 aromatic carbocycles. The predicted molar refractivity (Wildman–Crippen MR) is 69.3 cm³/mol. The van der Waals surface area contributed by atoms with Gasteiger partial charge in [-0.1, -0.05) is 0 Å². The van der Waals surface area contributed by atoms with E-state index in [-0.39, 0.29) is 9.48 Å². The number of halogens is 4. The second-order valence-corrected chi connectivity index (χ2v) is 5.35. The van der Waals surface area contributed by atoms with Crippen molar-refractivity contribution in [1.29, 1.82) is 0 Å². The molecule has 0 aromatic heterocycles. The monoisotopic (exact) mass is 369 g/mol. The summed E-state index contributed by atoms with van der Waals surface area (Å²) in [5.74, 6) is -0.181. The summed E-state index contributed by atoms with van der Waals surface area (Å²) in [7, 11) is 0. The molecule has 0 N–H and O–H groups in total. The molecule has 1 amide bonds. The van der Waals surface area contributed by atoms with Crippen LogP contribution in [-0.4, -0.2) is 23.9 Å². The maximum Gasteiger partial charge on any atom is 0.417 e. The Balaban J connectivity index is 2.26. The van der Waals surface area contributed by atoms with Gasteiger partial charge in [-0.3, -0.25) is 4.79 Å². The largest absolute Gasteiger partial charge is 0.417 e. The molecule has 1 aromatic rings. The van der Waals surface area contributed by atoms with Crippen molar-refractivity contribution in [3.8, 4) is 0 Å². The molecule has 6 heteroatoms. The Hall–Kier alpha value is -0.790. The molecule has 0 spiro atoms. The highest BCUT2D eigenvalue weighted by Crippen LogP contribution is 2.33. The number of nitrogens with zero attached hydrogens (tertiary/aromatic N) is 1. The minimum absolute atomic E-state index is 0.0603. The van der Waals surface area contributed by atoms with Gasteiger partial charge in [-0.25, -0.2) is 0 Å². The van der Waals surface area contributed by atoms with Crippen molar-refractivity contribution in [3.63, 3.8) is 0 Å². The van der Waals surface area contributed by atoms with Crippen LogP contribution in [-0.2, 0) is 6.18 Å². The zero-order valence-electron chi connectivity index (χ0n) is 9.43. The molecule has 1 fully saturated rings. The fraction of sp³-hybridized carbons (Fsp3) is 0.417. The van der Waals surface area contributed by atoms with Crippen molar-refractivity contribution in [1.82, 2.24) is 4.90 Å². The molecule has 1 aliphatic rings. The standard InChI is InChI=1S/C12H11F3INO/c13-12(14,15)9-4-3-8(7-10(9)16)11(18)17-5-1-2-6-17/h3-4,7H,1-2,5-6H2. The fourth-order valence-electron chi connectivity index (χ4n) is 1.98. The van der Waals surface area contributed by atoms with Gasteiger partial charge >= 0.3 is 6.18 Å². The molecule has 0 unspecified atom stereocenters. The van der Waals surface area contributed by atoms with Crippen LogP contribution in [0.25, 0.3) is 0 Å². The number of benzene rings is 1. The third kappa shape index (κ3) is 2.78. The van der Waals surface area contributed by atoms with Crippen LogP contribution in [0.15, 0.2) is 18.2 Å². The molecule has 1 saturated heterocycles. The lowest BCUT2D eigenvalue weighted by Crippen LogP contribution is -2.27. The summed E-state index contributed by atoms with van der Waals surface area (Å²) in [5.41, 5.74) is -0.365. The van der Waals surface area contributed by atoms with E-state index in [9.17, 15) is 18.0 Å². The van der Waals surface area contributed by atoms with Crippen molar-refractivity contribution < 1.29 is 18.0 Å². The average Bonchev–Trinajstić information content (AvgIpc) is 2.79. The van der Waals surface area contributed by atoms with Gasteiger partial charge in [-0.2, -0.15) is 13.2 Å². The van der Waals surface area contributed by atoms with Crippen molar-refractivity contribution in [2.24, 2.45) is 0 Å². The number of rotatable bonds is 1. The second kappa shape index (κ2) is 5.07. The van der Waals surface area contributed by atoms with E-state index in [2.05, 4.69) is 0 Å². The molecule has 2 nitrogen and oxygen atoms in total.